The molecule has 1 amide bonds. The Bertz CT molecular complexity index is 1010. The normalized spacial score (nSPS) is 14.5. The van der Waals surface area contributed by atoms with Gasteiger partial charge in [-0.3, -0.25) is 4.79 Å². The lowest BCUT2D eigenvalue weighted by Gasteiger charge is -2.26. The van der Waals surface area contributed by atoms with E-state index in [2.05, 4.69) is 6.08 Å². The number of fused-ring (bicyclic) bond motifs is 1. The van der Waals surface area contributed by atoms with Gasteiger partial charge in [0.15, 0.2) is 5.76 Å². The van der Waals surface area contributed by atoms with Crippen molar-refractivity contribution in [1.82, 2.24) is 4.90 Å². The Hall–Kier alpha value is -3.01. The zero-order valence-corrected chi connectivity index (χ0v) is 15.0. The number of hydrogen-bond donors (Lipinski definition) is 1. The van der Waals surface area contributed by atoms with E-state index in [1.165, 1.54) is 5.57 Å². The third-order valence-electron chi connectivity index (χ3n) is 5.09. The van der Waals surface area contributed by atoms with E-state index in [1.54, 1.807) is 12.1 Å². The van der Waals surface area contributed by atoms with E-state index < -0.39 is 0 Å². The van der Waals surface area contributed by atoms with E-state index in [9.17, 15) is 9.90 Å². The molecule has 0 fully saturated rings. The molecule has 1 aliphatic rings. The Morgan fingerprint density at radius 1 is 1.12 bits per heavy atom. The Balaban J connectivity index is 1.58. The second-order valence-corrected chi connectivity index (χ2v) is 6.79. The summed E-state index contributed by atoms with van der Waals surface area (Å²) in [7, 11) is 0. The lowest BCUT2D eigenvalue weighted by molar-refractivity contribution is 0.0742. The van der Waals surface area contributed by atoms with Crippen molar-refractivity contribution in [2.75, 3.05) is 13.1 Å². The molecular weight excluding hydrogens is 326 g/mol. The lowest BCUT2D eigenvalue weighted by atomic mass is 9.99. The Morgan fingerprint density at radius 3 is 2.54 bits per heavy atom. The molecule has 0 spiro atoms. The van der Waals surface area contributed by atoms with Crippen LogP contribution in [0.15, 0.2) is 53.0 Å². The zero-order valence-electron chi connectivity index (χ0n) is 15.0. The van der Waals surface area contributed by atoms with Gasteiger partial charge in [0.1, 0.15) is 11.3 Å². The highest BCUT2D eigenvalue weighted by atomic mass is 16.3. The summed E-state index contributed by atoms with van der Waals surface area (Å²) in [5.74, 6) is 0.646. The fraction of sp³-hybridized carbons (Fsp3) is 0.227. The van der Waals surface area contributed by atoms with Crippen LogP contribution in [-0.2, 0) is 0 Å². The van der Waals surface area contributed by atoms with Crippen molar-refractivity contribution in [2.24, 2.45) is 0 Å². The predicted molar refractivity (Wildman–Crippen MR) is 102 cm³/mol. The van der Waals surface area contributed by atoms with Crippen molar-refractivity contribution in [2.45, 2.75) is 20.3 Å². The van der Waals surface area contributed by atoms with Crippen molar-refractivity contribution in [3.8, 4) is 5.75 Å². The van der Waals surface area contributed by atoms with Gasteiger partial charge in [0, 0.05) is 24.0 Å². The van der Waals surface area contributed by atoms with Crippen LogP contribution in [0.1, 0.15) is 33.7 Å². The number of rotatable bonds is 2. The molecule has 0 aliphatic carbocycles. The van der Waals surface area contributed by atoms with Gasteiger partial charge >= 0.3 is 0 Å². The molecule has 0 radical (unpaired) electrons. The van der Waals surface area contributed by atoms with Crippen LogP contribution in [-0.4, -0.2) is 29.0 Å². The minimum absolute atomic E-state index is 0.0564. The molecule has 4 heteroatoms. The number of carbonyl (C=O) groups excluding carboxylic acids is 1. The number of phenols is 1. The highest BCUT2D eigenvalue weighted by Crippen LogP contribution is 2.30. The average molecular weight is 347 g/mol. The van der Waals surface area contributed by atoms with Crippen LogP contribution >= 0.6 is 0 Å². The van der Waals surface area contributed by atoms with E-state index in [1.807, 2.05) is 49.1 Å². The Morgan fingerprint density at radius 2 is 1.88 bits per heavy atom. The maximum atomic E-state index is 13.0. The van der Waals surface area contributed by atoms with E-state index in [0.29, 0.717) is 18.8 Å². The summed E-state index contributed by atoms with van der Waals surface area (Å²) in [5, 5.41) is 10.4. The first-order valence-electron chi connectivity index (χ1n) is 8.81. The van der Waals surface area contributed by atoms with E-state index in [-0.39, 0.29) is 11.7 Å². The number of carbonyl (C=O) groups is 1. The van der Waals surface area contributed by atoms with Crippen molar-refractivity contribution in [3.63, 3.8) is 0 Å². The third-order valence-corrected chi connectivity index (χ3v) is 5.09. The first-order valence-corrected chi connectivity index (χ1v) is 8.81. The van der Waals surface area contributed by atoms with E-state index >= 15 is 0 Å². The second-order valence-electron chi connectivity index (χ2n) is 6.79. The van der Waals surface area contributed by atoms with Crippen LogP contribution in [0.2, 0.25) is 0 Å². The standard InChI is InChI=1S/C22H21NO3/c1-14-4-3-5-19-15(2)21(26-20(14)19)22(25)23-12-10-17(11-13-23)16-6-8-18(24)9-7-16/h3-10,24H,11-13H2,1-2H3. The molecule has 4 nitrogen and oxygen atoms in total. The van der Waals surface area contributed by atoms with Gasteiger partial charge in [0.2, 0.25) is 0 Å². The smallest absolute Gasteiger partial charge is 0.290 e. The molecular formula is C22H21NO3. The van der Waals surface area contributed by atoms with Crippen LogP contribution in [0.4, 0.5) is 0 Å². The molecule has 0 saturated carbocycles. The minimum Gasteiger partial charge on any atom is -0.508 e. The summed E-state index contributed by atoms with van der Waals surface area (Å²) in [6.45, 7) is 5.15. The van der Waals surface area contributed by atoms with Gasteiger partial charge in [-0.25, -0.2) is 0 Å². The molecule has 1 N–H and O–H groups in total. The van der Waals surface area contributed by atoms with Crippen molar-refractivity contribution in [3.05, 3.63) is 71.0 Å². The summed E-state index contributed by atoms with van der Waals surface area (Å²) < 4.78 is 5.93. The van der Waals surface area contributed by atoms with E-state index in [4.69, 9.17) is 4.42 Å². The molecule has 0 atom stereocenters. The number of nitrogens with zero attached hydrogens (tertiary/aromatic N) is 1. The van der Waals surface area contributed by atoms with Crippen LogP contribution in [0.3, 0.4) is 0 Å². The lowest BCUT2D eigenvalue weighted by Crippen LogP contribution is -2.34. The molecule has 26 heavy (non-hydrogen) atoms. The number of furan rings is 1. The number of benzene rings is 2. The summed E-state index contributed by atoms with van der Waals surface area (Å²) in [6, 6.07) is 13.2. The summed E-state index contributed by atoms with van der Waals surface area (Å²) >= 11 is 0. The summed E-state index contributed by atoms with van der Waals surface area (Å²) in [4.78, 5) is 14.8. The maximum Gasteiger partial charge on any atom is 0.290 e. The number of amides is 1. The van der Waals surface area contributed by atoms with Crippen molar-refractivity contribution >= 4 is 22.4 Å². The Kier molecular flexibility index (Phi) is 4.03. The highest BCUT2D eigenvalue weighted by molar-refractivity contribution is 5.99. The van der Waals surface area contributed by atoms with Gasteiger partial charge in [-0.05, 0) is 49.1 Å². The fourth-order valence-electron chi connectivity index (χ4n) is 3.52. The van der Waals surface area contributed by atoms with Gasteiger partial charge in [-0.2, -0.15) is 0 Å². The quantitative estimate of drug-likeness (QED) is 0.732. The van der Waals surface area contributed by atoms with Crippen LogP contribution in [0.5, 0.6) is 5.75 Å². The molecule has 132 valence electrons. The maximum absolute atomic E-state index is 13.0. The summed E-state index contributed by atoms with van der Waals surface area (Å²) in [6.07, 6.45) is 2.87. The molecule has 0 bridgehead atoms. The van der Waals surface area contributed by atoms with Gasteiger partial charge in [0.05, 0.1) is 0 Å². The first kappa shape index (κ1) is 16.5. The number of hydrogen-bond acceptors (Lipinski definition) is 3. The highest BCUT2D eigenvalue weighted by Gasteiger charge is 2.25. The van der Waals surface area contributed by atoms with E-state index in [0.717, 1.165) is 34.1 Å². The van der Waals surface area contributed by atoms with Crippen molar-refractivity contribution in [1.29, 1.82) is 0 Å². The van der Waals surface area contributed by atoms with Gasteiger partial charge < -0.3 is 14.4 Å². The second kappa shape index (κ2) is 6.37. The molecule has 2 heterocycles. The van der Waals surface area contributed by atoms with Crippen LogP contribution in [0, 0.1) is 13.8 Å². The fourth-order valence-corrected chi connectivity index (χ4v) is 3.52. The minimum atomic E-state index is -0.0564. The van der Waals surface area contributed by atoms with Gasteiger partial charge in [-0.1, -0.05) is 36.4 Å². The van der Waals surface area contributed by atoms with Gasteiger partial charge in [0.25, 0.3) is 5.91 Å². The largest absolute Gasteiger partial charge is 0.508 e. The molecule has 2 aromatic carbocycles. The molecule has 1 aliphatic heterocycles. The topological polar surface area (TPSA) is 53.7 Å². The number of para-hydroxylation sites is 1. The van der Waals surface area contributed by atoms with Crippen molar-refractivity contribution < 1.29 is 14.3 Å². The number of phenolic OH excluding ortho intramolecular Hbond substituents is 1. The molecule has 0 unspecified atom stereocenters. The number of aromatic hydroxyl groups is 1. The number of aryl methyl sites for hydroxylation is 2. The SMILES string of the molecule is Cc1c(C(=O)N2CC=C(c3ccc(O)cc3)CC2)oc2c(C)cccc12. The molecule has 3 aromatic rings. The molecule has 0 saturated heterocycles. The van der Waals surface area contributed by atoms with Gasteiger partial charge in [-0.15, -0.1) is 0 Å². The Labute approximate surface area is 152 Å². The van der Waals surface area contributed by atoms with Crippen LogP contribution < -0.4 is 0 Å². The molecule has 1 aromatic heterocycles. The zero-order chi connectivity index (χ0) is 18.3. The molecule has 4 rings (SSSR count). The monoisotopic (exact) mass is 347 g/mol. The summed E-state index contributed by atoms with van der Waals surface area (Å²) in [5.41, 5.74) is 5.03. The van der Waals surface area contributed by atoms with Crippen LogP contribution in [0.25, 0.3) is 16.5 Å². The first-order chi connectivity index (χ1) is 12.5. The predicted octanol–water partition coefficient (Wildman–Crippen LogP) is 4.68. The average Bonchev–Trinajstić information content (AvgIpc) is 3.00. The third kappa shape index (κ3) is 2.77.